The van der Waals surface area contributed by atoms with E-state index < -0.39 is 0 Å². The largest absolute Gasteiger partial charge is 0.496 e. The fourth-order valence-corrected chi connectivity index (χ4v) is 4.21. The number of benzene rings is 1. The molecule has 0 aromatic heterocycles. The Bertz CT molecular complexity index is 578. The van der Waals surface area contributed by atoms with Gasteiger partial charge < -0.3 is 14.8 Å². The van der Waals surface area contributed by atoms with Gasteiger partial charge in [0.05, 0.1) is 26.4 Å². The standard InChI is InChI=1S/C20H30N2O3/c1-16(22-11-13-25-14-12-22)19(23)21-15-20(9-5-6-10-20)17-7-3-4-8-18(17)24-2/h3-4,7-8,16H,5-6,9-15H2,1-2H3,(H,21,23). The molecule has 1 saturated carbocycles. The molecule has 2 aliphatic rings. The van der Waals surface area contributed by atoms with Crippen LogP contribution in [0.5, 0.6) is 5.75 Å². The maximum atomic E-state index is 12.7. The number of carbonyl (C=O) groups is 1. The molecule has 0 bridgehead atoms. The Kier molecular flexibility index (Phi) is 5.97. The summed E-state index contributed by atoms with van der Waals surface area (Å²) >= 11 is 0. The lowest BCUT2D eigenvalue weighted by Crippen LogP contribution is -2.51. The lowest BCUT2D eigenvalue weighted by atomic mass is 9.78. The van der Waals surface area contributed by atoms with Gasteiger partial charge in [0.1, 0.15) is 5.75 Å². The lowest BCUT2D eigenvalue weighted by Gasteiger charge is -2.34. The van der Waals surface area contributed by atoms with Crippen LogP contribution < -0.4 is 10.1 Å². The second kappa shape index (κ2) is 8.19. The predicted molar refractivity (Wildman–Crippen MR) is 98.0 cm³/mol. The number of methoxy groups -OCH3 is 1. The zero-order valence-electron chi connectivity index (χ0n) is 15.4. The highest BCUT2D eigenvalue weighted by Gasteiger charge is 2.38. The number of nitrogens with one attached hydrogen (secondary N) is 1. The molecule has 1 unspecified atom stereocenters. The van der Waals surface area contributed by atoms with Crippen molar-refractivity contribution in [2.45, 2.75) is 44.1 Å². The third kappa shape index (κ3) is 3.98. The van der Waals surface area contributed by atoms with Crippen molar-refractivity contribution in [3.05, 3.63) is 29.8 Å². The molecule has 1 N–H and O–H groups in total. The quantitative estimate of drug-likeness (QED) is 0.859. The second-order valence-corrected chi connectivity index (χ2v) is 7.23. The topological polar surface area (TPSA) is 50.8 Å². The molecule has 5 nitrogen and oxygen atoms in total. The van der Waals surface area contributed by atoms with Crippen LogP contribution in [0.15, 0.2) is 24.3 Å². The normalized spacial score (nSPS) is 21.7. The van der Waals surface area contributed by atoms with Crippen molar-refractivity contribution in [1.29, 1.82) is 0 Å². The molecule has 1 aliphatic heterocycles. The highest BCUT2D eigenvalue weighted by atomic mass is 16.5. The van der Waals surface area contributed by atoms with Crippen molar-refractivity contribution in [2.75, 3.05) is 40.0 Å². The fourth-order valence-electron chi connectivity index (χ4n) is 4.21. The van der Waals surface area contributed by atoms with Crippen molar-refractivity contribution in [3.63, 3.8) is 0 Å². The van der Waals surface area contributed by atoms with E-state index in [1.165, 1.54) is 18.4 Å². The molecular weight excluding hydrogens is 316 g/mol. The van der Waals surface area contributed by atoms with Crippen molar-refractivity contribution >= 4 is 5.91 Å². The molecule has 3 rings (SSSR count). The number of hydrogen-bond donors (Lipinski definition) is 1. The van der Waals surface area contributed by atoms with Gasteiger partial charge in [-0.15, -0.1) is 0 Å². The molecule has 2 fully saturated rings. The van der Waals surface area contributed by atoms with Gasteiger partial charge in [0, 0.05) is 30.6 Å². The maximum absolute atomic E-state index is 12.7. The third-order valence-corrected chi connectivity index (χ3v) is 5.81. The molecule has 1 atom stereocenters. The first kappa shape index (κ1) is 18.2. The van der Waals surface area contributed by atoms with Crippen LogP contribution in [0, 0.1) is 0 Å². The zero-order valence-corrected chi connectivity index (χ0v) is 15.4. The Balaban J connectivity index is 1.69. The molecule has 1 aliphatic carbocycles. The summed E-state index contributed by atoms with van der Waals surface area (Å²) in [5, 5.41) is 3.24. The molecule has 5 heteroatoms. The van der Waals surface area contributed by atoms with Crippen LogP contribution in [0.4, 0.5) is 0 Å². The summed E-state index contributed by atoms with van der Waals surface area (Å²) in [5.41, 5.74) is 1.22. The minimum Gasteiger partial charge on any atom is -0.496 e. The minimum atomic E-state index is -0.111. The average molecular weight is 346 g/mol. The van der Waals surface area contributed by atoms with Crippen molar-refractivity contribution in [1.82, 2.24) is 10.2 Å². The number of amides is 1. The van der Waals surface area contributed by atoms with E-state index in [-0.39, 0.29) is 17.4 Å². The van der Waals surface area contributed by atoms with Crippen molar-refractivity contribution in [2.24, 2.45) is 0 Å². The van der Waals surface area contributed by atoms with Gasteiger partial charge in [-0.1, -0.05) is 31.0 Å². The van der Waals surface area contributed by atoms with E-state index in [9.17, 15) is 4.79 Å². The van der Waals surface area contributed by atoms with Crippen LogP contribution in [-0.2, 0) is 14.9 Å². The summed E-state index contributed by atoms with van der Waals surface area (Å²) in [7, 11) is 1.72. The van der Waals surface area contributed by atoms with E-state index in [1.54, 1.807) is 7.11 Å². The van der Waals surface area contributed by atoms with Gasteiger partial charge in [-0.05, 0) is 25.8 Å². The summed E-state index contributed by atoms with van der Waals surface area (Å²) in [6.07, 6.45) is 4.60. The molecule has 25 heavy (non-hydrogen) atoms. The summed E-state index contributed by atoms with van der Waals surface area (Å²) in [5.74, 6) is 1.04. The predicted octanol–water partition coefficient (Wildman–Crippen LogP) is 2.34. The van der Waals surface area contributed by atoms with Gasteiger partial charge in [-0.2, -0.15) is 0 Å². The minimum absolute atomic E-state index is 0.00695. The maximum Gasteiger partial charge on any atom is 0.237 e. The van der Waals surface area contributed by atoms with E-state index in [0.29, 0.717) is 19.8 Å². The van der Waals surface area contributed by atoms with E-state index in [2.05, 4.69) is 22.3 Å². The van der Waals surface area contributed by atoms with E-state index >= 15 is 0 Å². The number of rotatable bonds is 6. The van der Waals surface area contributed by atoms with Gasteiger partial charge in [-0.3, -0.25) is 9.69 Å². The average Bonchev–Trinajstić information content (AvgIpc) is 3.16. The molecule has 1 aromatic carbocycles. The Labute approximate surface area is 150 Å². The molecular formula is C20H30N2O3. The van der Waals surface area contributed by atoms with E-state index in [0.717, 1.165) is 31.7 Å². The zero-order chi connectivity index (χ0) is 17.7. The van der Waals surface area contributed by atoms with Crippen molar-refractivity contribution < 1.29 is 14.3 Å². The Morgan fingerprint density at radius 1 is 1.28 bits per heavy atom. The number of hydrogen-bond acceptors (Lipinski definition) is 4. The Hall–Kier alpha value is -1.59. The number of para-hydroxylation sites is 1. The fraction of sp³-hybridized carbons (Fsp3) is 0.650. The highest BCUT2D eigenvalue weighted by molar-refractivity contribution is 5.81. The van der Waals surface area contributed by atoms with Gasteiger partial charge in [0.15, 0.2) is 0 Å². The van der Waals surface area contributed by atoms with Crippen LogP contribution in [0.2, 0.25) is 0 Å². The first-order chi connectivity index (χ1) is 12.2. The Morgan fingerprint density at radius 2 is 1.96 bits per heavy atom. The number of nitrogens with zero attached hydrogens (tertiary/aromatic N) is 1. The molecule has 1 saturated heterocycles. The van der Waals surface area contributed by atoms with E-state index in [1.807, 2.05) is 19.1 Å². The molecule has 1 amide bonds. The first-order valence-electron chi connectivity index (χ1n) is 9.39. The third-order valence-electron chi connectivity index (χ3n) is 5.81. The van der Waals surface area contributed by atoms with Crippen LogP contribution >= 0.6 is 0 Å². The van der Waals surface area contributed by atoms with Crippen LogP contribution in [0.25, 0.3) is 0 Å². The van der Waals surface area contributed by atoms with Crippen LogP contribution in [0.3, 0.4) is 0 Å². The number of morpholine rings is 1. The summed E-state index contributed by atoms with van der Waals surface area (Å²) in [6.45, 7) is 5.75. The summed E-state index contributed by atoms with van der Waals surface area (Å²) in [4.78, 5) is 14.9. The van der Waals surface area contributed by atoms with Crippen LogP contribution in [-0.4, -0.2) is 56.8 Å². The summed E-state index contributed by atoms with van der Waals surface area (Å²) < 4.78 is 11.0. The lowest BCUT2D eigenvalue weighted by molar-refractivity contribution is -0.127. The smallest absolute Gasteiger partial charge is 0.237 e. The summed E-state index contributed by atoms with van der Waals surface area (Å²) in [6, 6.07) is 8.13. The second-order valence-electron chi connectivity index (χ2n) is 7.23. The van der Waals surface area contributed by atoms with E-state index in [4.69, 9.17) is 9.47 Å². The number of ether oxygens (including phenoxy) is 2. The van der Waals surface area contributed by atoms with Gasteiger partial charge in [0.25, 0.3) is 0 Å². The van der Waals surface area contributed by atoms with Gasteiger partial charge in [0.2, 0.25) is 5.91 Å². The molecule has 0 spiro atoms. The van der Waals surface area contributed by atoms with Gasteiger partial charge >= 0.3 is 0 Å². The van der Waals surface area contributed by atoms with Crippen LogP contribution in [0.1, 0.15) is 38.2 Å². The first-order valence-corrected chi connectivity index (χ1v) is 9.39. The number of carbonyl (C=O) groups excluding carboxylic acids is 1. The van der Waals surface area contributed by atoms with Gasteiger partial charge in [-0.25, -0.2) is 0 Å². The Morgan fingerprint density at radius 3 is 2.64 bits per heavy atom. The molecule has 138 valence electrons. The molecule has 1 aromatic rings. The molecule has 1 heterocycles. The van der Waals surface area contributed by atoms with Crippen molar-refractivity contribution in [3.8, 4) is 5.75 Å². The molecule has 0 radical (unpaired) electrons. The highest BCUT2D eigenvalue weighted by Crippen LogP contribution is 2.44. The SMILES string of the molecule is COc1ccccc1C1(CNC(=O)C(C)N2CCOCC2)CCCC1. The monoisotopic (exact) mass is 346 g/mol.